The fourth-order valence-electron chi connectivity index (χ4n) is 3.36. The van der Waals surface area contributed by atoms with Gasteiger partial charge >= 0.3 is 8.80 Å². The molecule has 0 spiro atoms. The van der Waals surface area contributed by atoms with Crippen LogP contribution in [-0.2, 0) is 36.8 Å². The molecule has 2 aromatic rings. The minimum atomic E-state index is -2.70. The minimum Gasteiger partial charge on any atom is -0.676 e. The normalized spacial score (nSPS) is 12.4. The Morgan fingerprint density at radius 2 is 1.52 bits per heavy atom. The number of aryl methyl sites for hydroxylation is 2. The van der Waals surface area contributed by atoms with Crippen LogP contribution in [-0.4, -0.2) is 61.6 Å². The van der Waals surface area contributed by atoms with E-state index in [-0.39, 0.29) is 12.4 Å². The highest BCUT2D eigenvalue weighted by Gasteiger charge is 2.38. The second kappa shape index (κ2) is 8.83. The Hall–Kier alpha value is -1.95. The molecule has 0 saturated heterocycles. The molecule has 9 nitrogen and oxygen atoms in total. The Bertz CT molecular complexity index is 713. The maximum absolute atomic E-state index is 12.6. The van der Waals surface area contributed by atoms with Gasteiger partial charge in [-0.15, -0.1) is 6.82 Å². The molecule has 0 N–H and O–H groups in total. The second-order valence-corrected chi connectivity index (χ2v) is 9.72. The molecule has 0 aromatic carbocycles. The number of hydrogen-bond acceptors (Lipinski definition) is 7. The molecule has 0 aliphatic heterocycles. The fourth-order valence-corrected chi connectivity index (χ4v) is 5.09. The molecule has 11 heteroatoms. The van der Waals surface area contributed by atoms with Crippen molar-refractivity contribution in [2.24, 2.45) is 14.1 Å². The maximum Gasteiger partial charge on any atom is 0.500 e. The molecule has 0 radical (unpaired) electrons. The molecule has 0 amide bonds. The number of rotatable bonds is 10. The summed E-state index contributed by atoms with van der Waals surface area (Å²) in [5.41, 5.74) is 1.32. The number of nitrogens with zero attached hydrogens (tertiary/aromatic N) is 4. The molecule has 0 saturated carbocycles. The monoisotopic (exact) mass is 395 g/mol. The average Bonchev–Trinajstić information content (AvgIpc) is 3.28. The summed E-state index contributed by atoms with van der Waals surface area (Å²) in [5, 5.41) is 0. The molecule has 27 heavy (non-hydrogen) atoms. The summed E-state index contributed by atoms with van der Waals surface area (Å²) in [6.07, 6.45) is 5.85. The van der Waals surface area contributed by atoms with Crippen LogP contribution in [0.5, 0.6) is 0 Å². The van der Waals surface area contributed by atoms with Crippen LogP contribution in [0.4, 0.5) is 0 Å². The van der Waals surface area contributed by atoms with E-state index in [1.54, 1.807) is 33.7 Å². The summed E-state index contributed by atoms with van der Waals surface area (Å²) in [7, 11) is 5.70. The van der Waals surface area contributed by atoms with Gasteiger partial charge in [0.25, 0.3) is 12.3 Å². The first kappa shape index (κ1) is 21.4. The minimum absolute atomic E-state index is 0.219. The molecule has 2 aromatic heterocycles. The van der Waals surface area contributed by atoms with Crippen LogP contribution < -0.4 is 11.4 Å². The maximum atomic E-state index is 12.6. The largest absolute Gasteiger partial charge is 0.676 e. The van der Waals surface area contributed by atoms with Crippen LogP contribution in [0, 0.1) is 0 Å². The average molecular weight is 395 g/mol. The molecule has 0 bridgehead atoms. The third-order valence-corrected chi connectivity index (χ3v) is 7.70. The Balaban J connectivity index is 2.14. The van der Waals surface area contributed by atoms with Gasteiger partial charge in [-0.3, -0.25) is 14.8 Å². The van der Waals surface area contributed by atoms with Crippen LogP contribution in [0.15, 0.2) is 24.8 Å². The lowest BCUT2D eigenvalue weighted by Crippen LogP contribution is -2.65. The lowest BCUT2D eigenvalue weighted by Gasteiger charge is -2.36. The molecule has 150 valence electrons. The molecular weight excluding hydrogens is 367 g/mol. The highest BCUT2D eigenvalue weighted by Crippen LogP contribution is 2.17. The van der Waals surface area contributed by atoms with Gasteiger partial charge in [-0.1, -0.05) is 0 Å². The lowest BCUT2D eigenvalue weighted by atomic mass is 9.40. The van der Waals surface area contributed by atoms with E-state index in [4.69, 9.17) is 17.9 Å². The number of carbonyl (C=O) groups is 1. The van der Waals surface area contributed by atoms with E-state index in [1.165, 1.54) is 0 Å². The van der Waals surface area contributed by atoms with Gasteiger partial charge in [-0.25, -0.2) is 0 Å². The molecule has 2 heterocycles. The first-order valence-electron chi connectivity index (χ1n) is 8.83. The highest BCUT2D eigenvalue weighted by molar-refractivity contribution is 6.95. The molecule has 0 aliphatic rings. The summed E-state index contributed by atoms with van der Waals surface area (Å²) in [5.74, 6) is -0.324. The van der Waals surface area contributed by atoms with E-state index in [0.717, 1.165) is 0 Å². The highest BCUT2D eigenvalue weighted by atomic mass is 28.4. The topological polar surface area (TPSA) is 89.6 Å². The van der Waals surface area contributed by atoms with Crippen molar-refractivity contribution in [1.29, 1.82) is 0 Å². The van der Waals surface area contributed by atoms with Crippen LogP contribution in [0.1, 0.15) is 12.8 Å². The molecule has 0 unspecified atom stereocenters. The third kappa shape index (κ3) is 4.49. The van der Waals surface area contributed by atoms with E-state index in [9.17, 15) is 4.79 Å². The first-order chi connectivity index (χ1) is 12.8. The number of aromatic nitrogens is 4. The van der Waals surface area contributed by atoms with Crippen molar-refractivity contribution in [3.63, 3.8) is 0 Å². The van der Waals surface area contributed by atoms with Gasteiger partial charge in [-0.05, 0) is 17.9 Å². The van der Waals surface area contributed by atoms with Gasteiger partial charge in [-0.2, -0.15) is 0 Å². The van der Waals surface area contributed by atoms with Crippen molar-refractivity contribution in [3.8, 4) is 0 Å². The Kier molecular flexibility index (Phi) is 6.98. The Morgan fingerprint density at radius 1 is 1.04 bits per heavy atom. The first-order valence-corrected chi connectivity index (χ1v) is 10.8. The zero-order valence-corrected chi connectivity index (χ0v) is 17.8. The van der Waals surface area contributed by atoms with Crippen LogP contribution in [0.2, 0.25) is 12.9 Å². The summed E-state index contributed by atoms with van der Waals surface area (Å²) >= 11 is 0. The van der Waals surface area contributed by atoms with Crippen molar-refractivity contribution >= 4 is 32.6 Å². The lowest BCUT2D eigenvalue weighted by molar-refractivity contribution is -0.135. The summed E-state index contributed by atoms with van der Waals surface area (Å²) < 4.78 is 25.8. The van der Waals surface area contributed by atoms with Gasteiger partial charge in [0.05, 0.1) is 0 Å². The predicted octanol–water partition coefficient (Wildman–Crippen LogP) is 0.0446. The van der Waals surface area contributed by atoms with Crippen molar-refractivity contribution < 1.29 is 22.7 Å². The number of carbonyl (C=O) groups excluding carboxylic acids is 1. The summed E-state index contributed by atoms with van der Waals surface area (Å²) in [6.45, 7) is 1.86. The molecular formula is C16H28BN4O5Si-. The van der Waals surface area contributed by atoms with Crippen LogP contribution >= 0.6 is 0 Å². The van der Waals surface area contributed by atoms with Crippen molar-refractivity contribution in [1.82, 2.24) is 19.1 Å². The van der Waals surface area contributed by atoms with E-state index in [1.807, 2.05) is 42.4 Å². The predicted molar refractivity (Wildman–Crippen MR) is 104 cm³/mol. The SMILES string of the molecule is CO[Si](CCCC(=O)O[B-](C)(c1nccn1C)c1nccn1C)(OC)OC. The van der Waals surface area contributed by atoms with E-state index in [0.29, 0.717) is 23.9 Å². The number of imidazole rings is 2. The summed E-state index contributed by atoms with van der Waals surface area (Å²) in [6, 6.07) is 0.528. The Labute approximate surface area is 160 Å². The molecule has 0 atom stereocenters. The van der Waals surface area contributed by atoms with Gasteiger partial charge < -0.3 is 27.1 Å². The van der Waals surface area contributed by atoms with Gasteiger partial charge in [0, 0.05) is 72.7 Å². The zero-order valence-electron chi connectivity index (χ0n) is 16.8. The van der Waals surface area contributed by atoms with E-state index in [2.05, 4.69) is 9.97 Å². The van der Waals surface area contributed by atoms with Crippen LogP contribution in [0.3, 0.4) is 0 Å². The summed E-state index contributed by atoms with van der Waals surface area (Å²) in [4.78, 5) is 21.4. The fraction of sp³-hybridized carbons (Fsp3) is 0.562. The molecule has 2 rings (SSSR count). The van der Waals surface area contributed by atoms with Crippen molar-refractivity contribution in [2.45, 2.75) is 25.7 Å². The third-order valence-electron chi connectivity index (χ3n) is 4.87. The van der Waals surface area contributed by atoms with Crippen LogP contribution in [0.25, 0.3) is 0 Å². The van der Waals surface area contributed by atoms with E-state index >= 15 is 0 Å². The van der Waals surface area contributed by atoms with Gasteiger partial charge in [0.2, 0.25) is 0 Å². The van der Waals surface area contributed by atoms with Crippen molar-refractivity contribution in [2.75, 3.05) is 21.3 Å². The number of hydrogen-bond donors (Lipinski definition) is 0. The second-order valence-electron chi connectivity index (χ2n) is 6.62. The standard InChI is InChI=1S/C16H28BN4O5Si/c1-17(15-18-9-11-20(15)2,16-19-10-12-21(16)3)26-14(22)8-7-13-27(23-4,24-5)25-6/h9-12H,7-8,13H2,1-6H3/q-1. The van der Waals surface area contributed by atoms with Gasteiger partial charge in [0.1, 0.15) is 0 Å². The quantitative estimate of drug-likeness (QED) is 0.525. The van der Waals surface area contributed by atoms with E-state index < -0.39 is 15.2 Å². The molecule has 0 fully saturated rings. The zero-order chi connectivity index (χ0) is 20.1. The Morgan fingerprint density at radius 3 is 1.89 bits per heavy atom. The molecule has 0 aliphatic carbocycles. The van der Waals surface area contributed by atoms with Crippen molar-refractivity contribution in [3.05, 3.63) is 24.8 Å². The van der Waals surface area contributed by atoms with Gasteiger partial charge in [0.15, 0.2) is 0 Å². The smallest absolute Gasteiger partial charge is 0.500 e.